The zero-order valence-corrected chi connectivity index (χ0v) is 12.5. The Morgan fingerprint density at radius 2 is 2.10 bits per heavy atom. The smallest absolute Gasteiger partial charge is 0.413 e. The van der Waals surface area contributed by atoms with Crippen molar-refractivity contribution in [2.45, 2.75) is 33.3 Å². The van der Waals surface area contributed by atoms with Gasteiger partial charge in [0.2, 0.25) is 0 Å². The lowest BCUT2D eigenvalue weighted by Crippen LogP contribution is -2.27. The molecule has 1 aromatic heterocycles. The summed E-state index contributed by atoms with van der Waals surface area (Å²) in [6, 6.07) is 1.52. The second kappa shape index (κ2) is 7.37. The van der Waals surface area contributed by atoms with E-state index in [4.69, 9.17) is 9.47 Å². The lowest BCUT2D eigenvalue weighted by molar-refractivity contribution is -0.137. The number of carbonyl (C=O) groups excluding carboxylic acids is 2. The Balaban J connectivity index is 2.68. The van der Waals surface area contributed by atoms with E-state index in [1.165, 1.54) is 24.4 Å². The van der Waals surface area contributed by atoms with Crippen LogP contribution in [0, 0.1) is 0 Å². The molecule has 0 spiro atoms. The van der Waals surface area contributed by atoms with Gasteiger partial charge in [0.05, 0.1) is 6.61 Å². The molecule has 0 atom stereocenters. The van der Waals surface area contributed by atoms with Crippen LogP contribution in [0.15, 0.2) is 18.3 Å². The number of rotatable bonds is 4. The molecule has 0 saturated heterocycles. The highest BCUT2D eigenvalue weighted by Gasteiger charge is 2.16. The Hall–Kier alpha value is -2.44. The van der Waals surface area contributed by atoms with Crippen molar-refractivity contribution in [1.82, 2.24) is 9.97 Å². The van der Waals surface area contributed by atoms with Crippen LogP contribution in [-0.4, -0.2) is 34.2 Å². The zero-order chi connectivity index (χ0) is 15.9. The molecule has 1 N–H and O–H groups in total. The maximum absolute atomic E-state index is 11.6. The van der Waals surface area contributed by atoms with Crippen molar-refractivity contribution in [3.05, 3.63) is 24.2 Å². The maximum Gasteiger partial charge on any atom is 0.413 e. The lowest BCUT2D eigenvalue weighted by Gasteiger charge is -2.19. The summed E-state index contributed by atoms with van der Waals surface area (Å²) >= 11 is 0. The first-order valence-corrected chi connectivity index (χ1v) is 6.48. The minimum atomic E-state index is -0.610. The third-order valence-electron chi connectivity index (χ3n) is 1.96. The molecule has 0 fully saturated rings. The number of ether oxygens (including phenoxy) is 2. The van der Waals surface area contributed by atoms with Crippen LogP contribution in [-0.2, 0) is 14.3 Å². The predicted molar refractivity (Wildman–Crippen MR) is 77.6 cm³/mol. The third-order valence-corrected chi connectivity index (χ3v) is 1.96. The quantitative estimate of drug-likeness (QED) is 0.677. The van der Waals surface area contributed by atoms with Gasteiger partial charge >= 0.3 is 12.1 Å². The van der Waals surface area contributed by atoms with E-state index < -0.39 is 17.7 Å². The molecule has 7 nitrogen and oxygen atoms in total. The normalized spacial score (nSPS) is 11.2. The summed E-state index contributed by atoms with van der Waals surface area (Å²) in [7, 11) is 0. The minimum absolute atomic E-state index is 0.275. The van der Waals surface area contributed by atoms with Crippen molar-refractivity contribution in [2.24, 2.45) is 0 Å². The van der Waals surface area contributed by atoms with E-state index in [1.54, 1.807) is 27.7 Å². The van der Waals surface area contributed by atoms with Crippen LogP contribution in [0.25, 0.3) is 6.08 Å². The largest absolute Gasteiger partial charge is 0.463 e. The van der Waals surface area contributed by atoms with E-state index >= 15 is 0 Å². The molecular weight excluding hydrogens is 274 g/mol. The molecule has 0 bridgehead atoms. The Labute approximate surface area is 123 Å². The number of aromatic nitrogens is 2. The van der Waals surface area contributed by atoms with E-state index in [1.807, 2.05) is 0 Å². The van der Waals surface area contributed by atoms with Gasteiger partial charge in [0.15, 0.2) is 5.82 Å². The first-order chi connectivity index (χ1) is 9.80. The Morgan fingerprint density at radius 1 is 1.38 bits per heavy atom. The van der Waals surface area contributed by atoms with Crippen molar-refractivity contribution >= 4 is 24.0 Å². The molecule has 0 aliphatic carbocycles. The molecule has 7 heteroatoms. The first-order valence-electron chi connectivity index (χ1n) is 6.48. The fourth-order valence-corrected chi connectivity index (χ4v) is 1.26. The molecule has 1 amide bonds. The molecule has 0 saturated carbocycles. The lowest BCUT2D eigenvalue weighted by atomic mass is 10.2. The fraction of sp³-hybridized carbons (Fsp3) is 0.429. The summed E-state index contributed by atoms with van der Waals surface area (Å²) in [5.74, 6) is 0.0750. The van der Waals surface area contributed by atoms with Crippen molar-refractivity contribution in [1.29, 1.82) is 0 Å². The molecule has 0 radical (unpaired) electrons. The third kappa shape index (κ3) is 7.05. The van der Waals surface area contributed by atoms with Crippen LogP contribution in [0.4, 0.5) is 10.6 Å². The Kier molecular flexibility index (Phi) is 5.83. The van der Waals surface area contributed by atoms with Crippen molar-refractivity contribution in [2.75, 3.05) is 11.9 Å². The fourth-order valence-electron chi connectivity index (χ4n) is 1.26. The van der Waals surface area contributed by atoms with E-state index in [0.29, 0.717) is 6.61 Å². The van der Waals surface area contributed by atoms with E-state index in [0.717, 1.165) is 0 Å². The number of esters is 1. The first kappa shape index (κ1) is 16.6. The number of hydrogen-bond donors (Lipinski definition) is 1. The zero-order valence-electron chi connectivity index (χ0n) is 12.5. The predicted octanol–water partition coefficient (Wildman–Crippen LogP) is 2.40. The summed E-state index contributed by atoms with van der Waals surface area (Å²) < 4.78 is 9.85. The van der Waals surface area contributed by atoms with Gasteiger partial charge in [-0.2, -0.15) is 0 Å². The molecule has 0 aliphatic rings. The van der Waals surface area contributed by atoms with Gasteiger partial charge in [0.25, 0.3) is 0 Å². The van der Waals surface area contributed by atoms with Gasteiger partial charge in [-0.3, -0.25) is 5.32 Å². The van der Waals surface area contributed by atoms with Crippen molar-refractivity contribution in [3.8, 4) is 0 Å². The monoisotopic (exact) mass is 293 g/mol. The molecular formula is C14H19N3O4. The highest BCUT2D eigenvalue weighted by Crippen LogP contribution is 2.10. The summed E-state index contributed by atoms with van der Waals surface area (Å²) in [6.45, 7) is 7.30. The van der Waals surface area contributed by atoms with Crippen LogP contribution in [0.1, 0.15) is 33.5 Å². The summed E-state index contributed by atoms with van der Waals surface area (Å²) in [5.41, 5.74) is -0.593. The molecule has 1 heterocycles. The Bertz CT molecular complexity index is 535. The van der Waals surface area contributed by atoms with Crippen molar-refractivity contribution < 1.29 is 19.1 Å². The van der Waals surface area contributed by atoms with E-state index in [9.17, 15) is 9.59 Å². The van der Waals surface area contributed by atoms with Gasteiger partial charge in [-0.05, 0) is 39.8 Å². The average Bonchev–Trinajstić information content (AvgIpc) is 2.35. The van der Waals surface area contributed by atoms with Gasteiger partial charge in [-0.1, -0.05) is 0 Å². The highest BCUT2D eigenvalue weighted by atomic mass is 16.6. The average molecular weight is 293 g/mol. The van der Waals surface area contributed by atoms with Gasteiger partial charge in [-0.25, -0.2) is 19.6 Å². The van der Waals surface area contributed by atoms with Gasteiger partial charge in [0, 0.05) is 12.3 Å². The summed E-state index contributed by atoms with van der Waals surface area (Å²) in [6.07, 6.45) is 3.47. The molecule has 0 aromatic carbocycles. The standard InChI is InChI=1S/C14H19N3O4/c1-5-20-12(18)7-6-10-15-9-8-11(16-10)17-13(19)21-14(2,3)4/h6-9H,5H2,1-4H3,(H,15,16,17,19)/b7-6+. The summed E-state index contributed by atoms with van der Waals surface area (Å²) in [4.78, 5) is 30.8. The molecule has 114 valence electrons. The SMILES string of the molecule is CCOC(=O)/C=C/c1nccc(NC(=O)OC(C)(C)C)n1. The van der Waals surface area contributed by atoms with E-state index in [2.05, 4.69) is 15.3 Å². The number of nitrogens with zero attached hydrogens (tertiary/aromatic N) is 2. The number of anilines is 1. The number of carbonyl (C=O) groups is 2. The van der Waals surface area contributed by atoms with Gasteiger partial charge in [-0.15, -0.1) is 0 Å². The molecule has 0 unspecified atom stereocenters. The number of nitrogens with one attached hydrogen (secondary N) is 1. The van der Waals surface area contributed by atoms with Crippen LogP contribution in [0.5, 0.6) is 0 Å². The van der Waals surface area contributed by atoms with Crippen molar-refractivity contribution in [3.63, 3.8) is 0 Å². The maximum atomic E-state index is 11.6. The molecule has 1 aromatic rings. The van der Waals surface area contributed by atoms with Gasteiger partial charge in [0.1, 0.15) is 11.4 Å². The second-order valence-corrected chi connectivity index (χ2v) is 5.01. The van der Waals surface area contributed by atoms with Crippen LogP contribution in [0.3, 0.4) is 0 Å². The van der Waals surface area contributed by atoms with Crippen LogP contribution in [0.2, 0.25) is 0 Å². The van der Waals surface area contributed by atoms with Crippen LogP contribution >= 0.6 is 0 Å². The minimum Gasteiger partial charge on any atom is -0.463 e. The molecule has 0 aliphatic heterocycles. The van der Waals surface area contributed by atoms with E-state index in [-0.39, 0.29) is 11.6 Å². The second-order valence-electron chi connectivity index (χ2n) is 5.01. The van der Waals surface area contributed by atoms with Crippen LogP contribution < -0.4 is 5.32 Å². The summed E-state index contributed by atoms with van der Waals surface area (Å²) in [5, 5.41) is 2.49. The number of amides is 1. The number of hydrogen-bond acceptors (Lipinski definition) is 6. The van der Waals surface area contributed by atoms with Gasteiger partial charge < -0.3 is 9.47 Å². The molecule has 1 rings (SSSR count). The highest BCUT2D eigenvalue weighted by molar-refractivity contribution is 5.86. The molecule has 21 heavy (non-hydrogen) atoms. The Morgan fingerprint density at radius 3 is 2.71 bits per heavy atom. The topological polar surface area (TPSA) is 90.4 Å².